The molecule has 4 nitrogen and oxygen atoms in total. The highest BCUT2D eigenvalue weighted by atomic mass is 16.5. The lowest BCUT2D eigenvalue weighted by molar-refractivity contribution is -0.142. The molecule has 1 heterocycles. The molecule has 0 aromatic heterocycles. The molecule has 1 aliphatic rings. The quantitative estimate of drug-likeness (QED) is 0.584. The number of amides is 1. The minimum Gasteiger partial charge on any atom is -0.375 e. The second-order valence-electron chi connectivity index (χ2n) is 2.95. The van der Waals surface area contributed by atoms with E-state index < -0.39 is 0 Å². The molecule has 1 rings (SSSR count). The maximum absolute atomic E-state index is 11.3. The molecule has 1 amide bonds. The molecule has 4 heteroatoms. The third-order valence-electron chi connectivity index (χ3n) is 1.86. The summed E-state index contributed by atoms with van der Waals surface area (Å²) >= 11 is 0. The lowest BCUT2D eigenvalue weighted by Gasteiger charge is -2.30. The summed E-state index contributed by atoms with van der Waals surface area (Å²) in [6, 6.07) is 0. The van der Waals surface area contributed by atoms with E-state index in [1.807, 2.05) is 6.92 Å². The fraction of sp³-hybridized carbons (Fsp3) is 0.875. The van der Waals surface area contributed by atoms with Gasteiger partial charge in [-0.05, 0) is 6.92 Å². The molecule has 1 atom stereocenters. The first-order valence-electron chi connectivity index (χ1n) is 4.12. The van der Waals surface area contributed by atoms with Crippen LogP contribution < -0.4 is 0 Å². The first-order valence-corrected chi connectivity index (χ1v) is 4.12. The molecule has 1 fully saturated rings. The summed E-state index contributed by atoms with van der Waals surface area (Å²) < 4.78 is 10.1. The molecule has 12 heavy (non-hydrogen) atoms. The van der Waals surface area contributed by atoms with Crippen molar-refractivity contribution in [2.24, 2.45) is 0 Å². The second kappa shape index (κ2) is 4.42. The lowest BCUT2D eigenvalue weighted by atomic mass is 10.3. The van der Waals surface area contributed by atoms with Crippen LogP contribution >= 0.6 is 0 Å². The number of carbonyl (C=O) groups excluding carboxylic acids is 1. The highest BCUT2D eigenvalue weighted by Gasteiger charge is 2.20. The van der Waals surface area contributed by atoms with Gasteiger partial charge in [-0.15, -0.1) is 0 Å². The molecule has 0 radical (unpaired) electrons. The largest absolute Gasteiger partial charge is 0.375 e. The van der Waals surface area contributed by atoms with Gasteiger partial charge in [0, 0.05) is 20.2 Å². The van der Waals surface area contributed by atoms with Crippen LogP contribution in [0, 0.1) is 0 Å². The van der Waals surface area contributed by atoms with E-state index in [0.717, 1.165) is 0 Å². The van der Waals surface area contributed by atoms with E-state index in [2.05, 4.69) is 0 Å². The Morgan fingerprint density at radius 3 is 3.08 bits per heavy atom. The minimum atomic E-state index is 0.0488. The topological polar surface area (TPSA) is 38.8 Å². The van der Waals surface area contributed by atoms with Gasteiger partial charge in [-0.25, -0.2) is 0 Å². The molecule has 0 unspecified atom stereocenters. The van der Waals surface area contributed by atoms with Gasteiger partial charge >= 0.3 is 0 Å². The van der Waals surface area contributed by atoms with Crippen LogP contribution in [0.3, 0.4) is 0 Å². The average Bonchev–Trinajstić information content (AvgIpc) is 2.05. The lowest BCUT2D eigenvalue weighted by Crippen LogP contribution is -2.45. The SMILES string of the molecule is COCC(=O)N1CCO[C@H](C)C1. The zero-order valence-corrected chi connectivity index (χ0v) is 7.58. The number of nitrogens with zero attached hydrogens (tertiary/aromatic N) is 1. The summed E-state index contributed by atoms with van der Waals surface area (Å²) in [5, 5.41) is 0. The van der Waals surface area contributed by atoms with E-state index in [-0.39, 0.29) is 18.6 Å². The van der Waals surface area contributed by atoms with E-state index in [9.17, 15) is 4.79 Å². The molecule has 0 aromatic carbocycles. The van der Waals surface area contributed by atoms with Crippen molar-refractivity contribution in [1.82, 2.24) is 4.90 Å². The van der Waals surface area contributed by atoms with Gasteiger partial charge < -0.3 is 14.4 Å². The number of carbonyl (C=O) groups is 1. The molecule has 1 saturated heterocycles. The van der Waals surface area contributed by atoms with Gasteiger partial charge in [0.05, 0.1) is 12.7 Å². The third-order valence-corrected chi connectivity index (χ3v) is 1.86. The van der Waals surface area contributed by atoms with Crippen molar-refractivity contribution in [3.63, 3.8) is 0 Å². The number of hydrogen-bond donors (Lipinski definition) is 0. The van der Waals surface area contributed by atoms with Gasteiger partial charge in [0.15, 0.2) is 0 Å². The predicted octanol–water partition coefficient (Wildman–Crippen LogP) is -0.120. The van der Waals surface area contributed by atoms with Crippen LogP contribution in [0.1, 0.15) is 6.92 Å². The van der Waals surface area contributed by atoms with Crippen LogP contribution in [0.4, 0.5) is 0 Å². The molecule has 0 N–H and O–H groups in total. The molecule has 1 aliphatic heterocycles. The Morgan fingerprint density at radius 1 is 1.75 bits per heavy atom. The predicted molar refractivity (Wildman–Crippen MR) is 43.9 cm³/mol. The van der Waals surface area contributed by atoms with Crippen molar-refractivity contribution < 1.29 is 14.3 Å². The van der Waals surface area contributed by atoms with Gasteiger partial charge in [0.25, 0.3) is 0 Å². The maximum atomic E-state index is 11.3. The van der Waals surface area contributed by atoms with E-state index >= 15 is 0 Å². The van der Waals surface area contributed by atoms with Gasteiger partial charge in [-0.1, -0.05) is 0 Å². The Morgan fingerprint density at radius 2 is 2.50 bits per heavy atom. The van der Waals surface area contributed by atoms with Crippen LogP contribution in [-0.4, -0.2) is 50.3 Å². The number of hydrogen-bond acceptors (Lipinski definition) is 3. The second-order valence-corrected chi connectivity index (χ2v) is 2.95. The van der Waals surface area contributed by atoms with Crippen molar-refractivity contribution in [2.45, 2.75) is 13.0 Å². The molecule has 0 aromatic rings. The summed E-state index contributed by atoms with van der Waals surface area (Å²) in [5.74, 6) is 0.0488. The van der Waals surface area contributed by atoms with Crippen LogP contribution in [0.5, 0.6) is 0 Å². The standard InChI is InChI=1S/C8H15NO3/c1-7-5-9(3-4-12-7)8(10)6-11-2/h7H,3-6H2,1-2H3/t7-/m1/s1. The van der Waals surface area contributed by atoms with Gasteiger partial charge in [0.1, 0.15) is 6.61 Å². The summed E-state index contributed by atoms with van der Waals surface area (Å²) in [5.41, 5.74) is 0. The van der Waals surface area contributed by atoms with Crippen molar-refractivity contribution in [1.29, 1.82) is 0 Å². The monoisotopic (exact) mass is 173 g/mol. The summed E-state index contributed by atoms with van der Waals surface area (Å²) in [7, 11) is 1.53. The van der Waals surface area contributed by atoms with E-state index in [0.29, 0.717) is 19.7 Å². The molecular weight excluding hydrogens is 158 g/mol. The fourth-order valence-corrected chi connectivity index (χ4v) is 1.26. The normalized spacial score (nSPS) is 24.2. The molecule has 0 spiro atoms. The zero-order valence-electron chi connectivity index (χ0n) is 7.58. The molecule has 70 valence electrons. The first kappa shape index (κ1) is 9.48. The molecule has 0 saturated carbocycles. The number of methoxy groups -OCH3 is 1. The summed E-state index contributed by atoms with van der Waals surface area (Å²) in [6.45, 7) is 4.14. The van der Waals surface area contributed by atoms with Crippen molar-refractivity contribution in [3.8, 4) is 0 Å². The van der Waals surface area contributed by atoms with Crippen molar-refractivity contribution in [3.05, 3.63) is 0 Å². The number of ether oxygens (including phenoxy) is 2. The van der Waals surface area contributed by atoms with Crippen molar-refractivity contribution in [2.75, 3.05) is 33.4 Å². The Bertz CT molecular complexity index is 160. The number of morpholine rings is 1. The van der Waals surface area contributed by atoms with Crippen LogP contribution in [0.2, 0.25) is 0 Å². The minimum absolute atomic E-state index is 0.0488. The highest BCUT2D eigenvalue weighted by Crippen LogP contribution is 2.04. The van der Waals surface area contributed by atoms with Crippen LogP contribution in [-0.2, 0) is 14.3 Å². The van der Waals surface area contributed by atoms with E-state index in [4.69, 9.17) is 9.47 Å². The van der Waals surface area contributed by atoms with E-state index in [1.165, 1.54) is 7.11 Å². The Balaban J connectivity index is 2.35. The van der Waals surface area contributed by atoms with Gasteiger partial charge in [-0.2, -0.15) is 0 Å². The summed E-state index contributed by atoms with van der Waals surface area (Å²) in [4.78, 5) is 13.1. The Hall–Kier alpha value is -0.610. The molecule has 0 bridgehead atoms. The van der Waals surface area contributed by atoms with Crippen LogP contribution in [0.15, 0.2) is 0 Å². The van der Waals surface area contributed by atoms with Crippen molar-refractivity contribution >= 4 is 5.91 Å². The molecule has 0 aliphatic carbocycles. The first-order chi connectivity index (χ1) is 5.74. The van der Waals surface area contributed by atoms with Gasteiger partial charge in [0.2, 0.25) is 5.91 Å². The maximum Gasteiger partial charge on any atom is 0.248 e. The Kier molecular flexibility index (Phi) is 3.49. The highest BCUT2D eigenvalue weighted by molar-refractivity contribution is 5.77. The van der Waals surface area contributed by atoms with Gasteiger partial charge in [-0.3, -0.25) is 4.79 Å². The summed E-state index contributed by atoms with van der Waals surface area (Å²) in [6.07, 6.45) is 0.152. The zero-order chi connectivity index (χ0) is 8.97. The fourth-order valence-electron chi connectivity index (χ4n) is 1.26. The average molecular weight is 173 g/mol. The third kappa shape index (κ3) is 2.46. The van der Waals surface area contributed by atoms with E-state index in [1.54, 1.807) is 4.90 Å². The van der Waals surface area contributed by atoms with Crippen LogP contribution in [0.25, 0.3) is 0 Å². The number of rotatable bonds is 2. The Labute approximate surface area is 72.4 Å². The smallest absolute Gasteiger partial charge is 0.248 e. The molecular formula is C8H15NO3.